The van der Waals surface area contributed by atoms with Gasteiger partial charge in [-0.2, -0.15) is 9.78 Å². The molecule has 0 spiro atoms. The second-order valence-electron chi connectivity index (χ2n) is 14.4. The van der Waals surface area contributed by atoms with Crippen LogP contribution in [0.2, 0.25) is 0 Å². The quantitative estimate of drug-likeness (QED) is 0.0741. The first-order valence-corrected chi connectivity index (χ1v) is 21.2. The molecule has 0 N–H and O–H groups in total. The van der Waals surface area contributed by atoms with Gasteiger partial charge in [0, 0.05) is 10.4 Å². The van der Waals surface area contributed by atoms with Crippen molar-refractivity contribution in [2.24, 2.45) is 0 Å². The summed E-state index contributed by atoms with van der Waals surface area (Å²) in [6, 6.07) is 33.9. The van der Waals surface area contributed by atoms with Gasteiger partial charge in [-0.3, -0.25) is 0 Å². The van der Waals surface area contributed by atoms with Crippen molar-refractivity contribution < 1.29 is 33.3 Å². The van der Waals surface area contributed by atoms with Gasteiger partial charge in [-0.15, -0.1) is 11.3 Å². The lowest BCUT2D eigenvalue weighted by molar-refractivity contribution is -0.0435. The van der Waals surface area contributed by atoms with E-state index < -0.39 is 41.7 Å². The van der Waals surface area contributed by atoms with Crippen molar-refractivity contribution >= 4 is 62.3 Å². The second-order valence-corrected chi connectivity index (χ2v) is 16.6. The van der Waals surface area contributed by atoms with Gasteiger partial charge in [-0.25, -0.2) is 34.3 Å². The predicted molar refractivity (Wildman–Crippen MR) is 228 cm³/mol. The lowest BCUT2D eigenvalue weighted by atomic mass is 9.89. The van der Waals surface area contributed by atoms with Gasteiger partial charge in [0.15, 0.2) is 29.1 Å². The fourth-order valence-corrected chi connectivity index (χ4v) is 10.1. The van der Waals surface area contributed by atoms with Gasteiger partial charge in [0.25, 0.3) is 0 Å². The monoisotopic (exact) mass is 846 g/mol. The Hall–Kier alpha value is -6.81. The number of rotatable bonds is 10. The van der Waals surface area contributed by atoms with E-state index in [0.717, 1.165) is 45.9 Å². The molecule has 0 amide bonds. The maximum absolute atomic E-state index is 13.8. The third kappa shape index (κ3) is 7.41. The smallest absolute Gasteiger partial charge is 0.338 e. The topological polar surface area (TPSA) is 158 Å². The first-order valence-electron chi connectivity index (χ1n) is 19.5. The Morgan fingerprint density at radius 1 is 0.770 bits per heavy atom. The molecule has 5 heterocycles. The number of hydrogen-bond acceptors (Lipinski definition) is 14. The first kappa shape index (κ1) is 38.4. The molecule has 1 saturated heterocycles. The Bertz CT molecular complexity index is 2950. The molecule has 0 unspecified atom stereocenters. The van der Waals surface area contributed by atoms with Gasteiger partial charge < -0.3 is 18.9 Å². The molecule has 0 radical (unpaired) electrons. The number of thioether (sulfide) groups is 1. The number of esters is 3. The van der Waals surface area contributed by atoms with Gasteiger partial charge in [0.2, 0.25) is 0 Å². The number of thiophene rings is 1. The van der Waals surface area contributed by atoms with Crippen molar-refractivity contribution in [1.29, 1.82) is 0 Å². The molecule has 1 aliphatic heterocycles. The van der Waals surface area contributed by atoms with E-state index in [1.54, 1.807) is 113 Å². The van der Waals surface area contributed by atoms with Crippen LogP contribution in [0, 0.1) is 6.92 Å². The minimum atomic E-state index is -1.20. The van der Waals surface area contributed by atoms with Crippen LogP contribution in [0.25, 0.3) is 38.2 Å². The zero-order chi connectivity index (χ0) is 41.5. The standard InChI is InChI=1S/C46H34N6O7S2/c1-26-50-40(36-35-31-20-12-11-13-27(31)21-22-34(35)60-42(36)51-26)52-39-32(23-49-52)41(48-25-47-39)61-46-38(59-45(55)30-18-9-4-10-19-30)37(58-44(54)29-16-7-3-8-17-29)33(57-46)24-56-43(53)28-14-5-2-6-15-28/h2-20,23,25,33,37-38,46H,21-22,24H2,1H3/t33-,37-,38-,46+/m1/s1. The van der Waals surface area contributed by atoms with E-state index in [1.165, 1.54) is 16.8 Å². The number of nitrogens with zero attached hydrogens (tertiary/aromatic N) is 6. The fourth-order valence-electron chi connectivity index (χ4n) is 7.69. The average molecular weight is 847 g/mol. The van der Waals surface area contributed by atoms with Crippen molar-refractivity contribution in [3.05, 3.63) is 161 Å². The third-order valence-corrected chi connectivity index (χ3v) is 12.8. The maximum atomic E-state index is 13.8. The Kier molecular flexibility index (Phi) is 10.3. The summed E-state index contributed by atoms with van der Waals surface area (Å²) < 4.78 is 26.3. The minimum Gasteiger partial charge on any atom is -0.459 e. The molecule has 4 aromatic carbocycles. The van der Waals surface area contributed by atoms with Crippen LogP contribution in [0.5, 0.6) is 0 Å². The van der Waals surface area contributed by atoms with Crippen molar-refractivity contribution in [1.82, 2.24) is 29.7 Å². The van der Waals surface area contributed by atoms with Gasteiger partial charge in [-0.05, 0) is 67.3 Å². The number of aromatic nitrogens is 6. The summed E-state index contributed by atoms with van der Waals surface area (Å²) in [6.45, 7) is 1.55. The van der Waals surface area contributed by atoms with E-state index in [4.69, 9.17) is 34.0 Å². The number of hydrogen-bond donors (Lipinski definition) is 0. The van der Waals surface area contributed by atoms with Gasteiger partial charge in [0.05, 0.1) is 33.7 Å². The van der Waals surface area contributed by atoms with Crippen LogP contribution in [0.4, 0.5) is 0 Å². The molecule has 4 atom stereocenters. The number of ether oxygens (including phenoxy) is 4. The van der Waals surface area contributed by atoms with Crippen LogP contribution >= 0.6 is 23.1 Å². The lowest BCUT2D eigenvalue weighted by Gasteiger charge is -2.24. The molecule has 4 aromatic heterocycles. The van der Waals surface area contributed by atoms with Crippen molar-refractivity contribution in [3.8, 4) is 16.9 Å². The fraction of sp³-hybridized carbons (Fsp3) is 0.174. The summed E-state index contributed by atoms with van der Waals surface area (Å²) in [5, 5.41) is 6.76. The van der Waals surface area contributed by atoms with E-state index >= 15 is 0 Å². The molecule has 2 aliphatic rings. The average Bonchev–Trinajstić information content (AvgIpc) is 4.00. The molecule has 10 rings (SSSR count). The Labute approximate surface area is 356 Å². The molecule has 0 saturated carbocycles. The minimum absolute atomic E-state index is 0.279. The lowest BCUT2D eigenvalue weighted by Crippen LogP contribution is -2.41. The van der Waals surface area contributed by atoms with Crippen LogP contribution in [-0.4, -0.2) is 78.0 Å². The number of aryl methyl sites for hydroxylation is 3. The highest BCUT2D eigenvalue weighted by molar-refractivity contribution is 8.00. The van der Waals surface area contributed by atoms with Gasteiger partial charge >= 0.3 is 17.9 Å². The van der Waals surface area contributed by atoms with Crippen molar-refractivity contribution in [2.75, 3.05) is 6.61 Å². The van der Waals surface area contributed by atoms with E-state index in [-0.39, 0.29) is 17.7 Å². The van der Waals surface area contributed by atoms with Crippen molar-refractivity contribution in [3.63, 3.8) is 0 Å². The van der Waals surface area contributed by atoms with E-state index in [0.29, 0.717) is 33.3 Å². The van der Waals surface area contributed by atoms with Gasteiger partial charge in [0.1, 0.15) is 34.7 Å². The molecule has 0 bridgehead atoms. The largest absolute Gasteiger partial charge is 0.459 e. The summed E-state index contributed by atoms with van der Waals surface area (Å²) in [5.41, 5.74) is 3.92. The molecule has 302 valence electrons. The summed E-state index contributed by atoms with van der Waals surface area (Å²) in [5.74, 6) is -0.733. The molecule has 1 fully saturated rings. The Morgan fingerprint density at radius 3 is 2.11 bits per heavy atom. The zero-order valence-corrected chi connectivity index (χ0v) is 34.0. The predicted octanol–water partition coefficient (Wildman–Crippen LogP) is 8.02. The highest BCUT2D eigenvalue weighted by Gasteiger charge is 2.51. The number of benzene rings is 4. The maximum Gasteiger partial charge on any atom is 0.338 e. The van der Waals surface area contributed by atoms with Crippen LogP contribution < -0.4 is 0 Å². The molecule has 8 aromatic rings. The molecular weight excluding hydrogens is 813 g/mol. The van der Waals surface area contributed by atoms with Crippen LogP contribution in [-0.2, 0) is 31.8 Å². The molecule has 1 aliphatic carbocycles. The van der Waals surface area contributed by atoms with Crippen LogP contribution in [0.15, 0.2) is 133 Å². The molecule has 13 nitrogen and oxygen atoms in total. The number of fused-ring (bicyclic) bond motifs is 6. The van der Waals surface area contributed by atoms with E-state index in [2.05, 4.69) is 28.2 Å². The highest BCUT2D eigenvalue weighted by Crippen LogP contribution is 2.46. The van der Waals surface area contributed by atoms with Gasteiger partial charge in [-0.1, -0.05) is 90.6 Å². The van der Waals surface area contributed by atoms with E-state index in [9.17, 15) is 14.4 Å². The molecular formula is C46H34N6O7S2. The summed E-state index contributed by atoms with van der Waals surface area (Å²) in [7, 11) is 0. The second kappa shape index (κ2) is 16.3. The number of carbonyl (C=O) groups is 3. The highest BCUT2D eigenvalue weighted by atomic mass is 32.2. The summed E-state index contributed by atoms with van der Waals surface area (Å²) >= 11 is 2.83. The van der Waals surface area contributed by atoms with Crippen molar-refractivity contribution in [2.45, 2.75) is 48.5 Å². The third-order valence-electron chi connectivity index (χ3n) is 10.5. The normalized spacial score (nSPS) is 18.0. The SMILES string of the molecule is Cc1nc(-n2ncc3c(S[C@@H]4O[C@H](COC(=O)c5ccccc5)[C@@H](OC(=O)c5ccccc5)[C@H]4OC(=O)c4ccccc4)ncnc32)c2c3c(sc2n1)CCc1ccccc1-3. The Balaban J connectivity index is 1.03. The van der Waals surface area contributed by atoms with E-state index in [1.807, 2.05) is 13.0 Å². The zero-order valence-electron chi connectivity index (χ0n) is 32.4. The summed E-state index contributed by atoms with van der Waals surface area (Å²) in [6.07, 6.45) is 1.51. The number of carbonyl (C=O) groups excluding carboxylic acids is 3. The first-order chi connectivity index (χ1) is 29.9. The summed E-state index contributed by atoms with van der Waals surface area (Å²) in [4.78, 5) is 61.8. The Morgan fingerprint density at radius 2 is 1.41 bits per heavy atom. The molecule has 61 heavy (non-hydrogen) atoms. The molecule has 15 heteroatoms. The van der Waals surface area contributed by atoms with Crippen LogP contribution in [0.3, 0.4) is 0 Å². The van der Waals surface area contributed by atoms with Crippen LogP contribution in [0.1, 0.15) is 47.3 Å².